The predicted octanol–water partition coefficient (Wildman–Crippen LogP) is 0.732. The zero-order valence-corrected chi connectivity index (χ0v) is 13.7. The lowest BCUT2D eigenvalue weighted by molar-refractivity contribution is -0.164. The van der Waals surface area contributed by atoms with Crippen molar-refractivity contribution in [1.82, 2.24) is 0 Å². The van der Waals surface area contributed by atoms with E-state index >= 15 is 0 Å². The van der Waals surface area contributed by atoms with Crippen molar-refractivity contribution in [1.29, 1.82) is 0 Å². The van der Waals surface area contributed by atoms with Crippen molar-refractivity contribution in [2.45, 2.75) is 39.9 Å². The largest absolute Gasteiger partial charge is 0.475 e. The molecule has 132 valence electrons. The second-order valence-corrected chi connectivity index (χ2v) is 4.79. The molecule has 2 unspecified atom stereocenters. The van der Waals surface area contributed by atoms with E-state index in [0.29, 0.717) is 0 Å². The molecule has 0 saturated carbocycles. The van der Waals surface area contributed by atoms with Gasteiger partial charge in [0.05, 0.1) is 0 Å². The molecule has 0 amide bonds. The molecule has 0 aromatic rings. The van der Waals surface area contributed by atoms with Gasteiger partial charge in [-0.05, 0) is 0 Å². The molecule has 1 aliphatic heterocycles. The van der Waals surface area contributed by atoms with Gasteiger partial charge in [-0.2, -0.15) is 0 Å². The fourth-order valence-electron chi connectivity index (χ4n) is 1.88. The van der Waals surface area contributed by atoms with Crippen LogP contribution in [0.2, 0.25) is 0 Å². The van der Waals surface area contributed by atoms with Crippen LogP contribution in [0.3, 0.4) is 0 Å². The minimum atomic E-state index is -1.17. The maximum atomic E-state index is 11.3. The zero-order chi connectivity index (χ0) is 18.4. The summed E-state index contributed by atoms with van der Waals surface area (Å²) in [6, 6.07) is 0. The summed E-state index contributed by atoms with van der Waals surface area (Å²) < 4.78 is 25.2. The molecular weight excluding hydrogens is 324 g/mol. The second kappa shape index (κ2) is 8.14. The molecule has 1 rings (SSSR count). The third-order valence-electron chi connectivity index (χ3n) is 2.61. The Kier molecular flexibility index (Phi) is 6.51. The average molecular weight is 342 g/mol. The van der Waals surface area contributed by atoms with E-state index in [1.54, 1.807) is 0 Å². The predicted molar refractivity (Wildman–Crippen MR) is 76.8 cm³/mol. The smallest absolute Gasteiger partial charge is 0.308 e. The first kappa shape index (κ1) is 19.2. The molecule has 0 aliphatic carbocycles. The first-order valence-corrected chi connectivity index (χ1v) is 6.89. The van der Waals surface area contributed by atoms with Crippen molar-refractivity contribution < 1.29 is 42.9 Å². The van der Waals surface area contributed by atoms with E-state index in [1.165, 1.54) is 6.92 Å². The summed E-state index contributed by atoms with van der Waals surface area (Å²) >= 11 is 0. The number of hydrogen-bond donors (Lipinski definition) is 0. The molecule has 0 spiro atoms. The highest BCUT2D eigenvalue weighted by Crippen LogP contribution is 2.34. The van der Waals surface area contributed by atoms with E-state index in [1.807, 2.05) is 0 Å². The minimum absolute atomic E-state index is 0.0913. The number of rotatable bonds is 6. The molecule has 1 heterocycles. The van der Waals surface area contributed by atoms with Crippen LogP contribution in [0, 0.1) is 0 Å². The Bertz CT molecular complexity index is 602. The Balaban J connectivity index is 3.18. The summed E-state index contributed by atoms with van der Waals surface area (Å²) in [6.45, 7) is 7.79. The molecule has 0 radical (unpaired) electrons. The van der Waals surface area contributed by atoms with Crippen molar-refractivity contribution in [3.05, 3.63) is 23.9 Å². The summed E-state index contributed by atoms with van der Waals surface area (Å²) in [4.78, 5) is 44.8. The van der Waals surface area contributed by atoms with Crippen molar-refractivity contribution in [3.63, 3.8) is 0 Å². The van der Waals surface area contributed by atoms with Gasteiger partial charge in [0, 0.05) is 27.7 Å². The average Bonchev–Trinajstić information content (AvgIpc) is 2.70. The Morgan fingerprint density at radius 1 is 1.00 bits per heavy atom. The molecule has 0 N–H and O–H groups in total. The minimum Gasteiger partial charge on any atom is -0.475 e. The molecule has 2 atom stereocenters. The van der Waals surface area contributed by atoms with Crippen LogP contribution in [-0.2, 0) is 42.9 Å². The van der Waals surface area contributed by atoms with Gasteiger partial charge in [-0.15, -0.1) is 0 Å². The van der Waals surface area contributed by atoms with Crippen LogP contribution in [0.15, 0.2) is 23.9 Å². The molecule has 9 nitrogen and oxygen atoms in total. The van der Waals surface area contributed by atoms with Gasteiger partial charge in [0.2, 0.25) is 11.9 Å². The van der Waals surface area contributed by atoms with E-state index in [-0.39, 0.29) is 23.9 Å². The molecule has 0 bridgehead atoms. The molecule has 0 saturated heterocycles. The molecule has 0 fully saturated rings. The fourth-order valence-corrected chi connectivity index (χ4v) is 1.88. The van der Waals surface area contributed by atoms with E-state index < -0.39 is 36.1 Å². The molecule has 0 aromatic carbocycles. The van der Waals surface area contributed by atoms with Gasteiger partial charge in [-0.25, -0.2) is 0 Å². The monoisotopic (exact) mass is 342 g/mol. The van der Waals surface area contributed by atoms with E-state index in [2.05, 4.69) is 6.58 Å². The van der Waals surface area contributed by atoms with Gasteiger partial charge in [0.15, 0.2) is 17.6 Å². The van der Waals surface area contributed by atoms with Crippen LogP contribution in [-0.4, -0.2) is 42.7 Å². The third kappa shape index (κ3) is 5.41. The summed E-state index contributed by atoms with van der Waals surface area (Å²) in [5.74, 6) is -3.17. The normalized spacial score (nSPS) is 17.7. The van der Waals surface area contributed by atoms with Crippen LogP contribution < -0.4 is 0 Å². The quantitative estimate of drug-likeness (QED) is 0.509. The summed E-state index contributed by atoms with van der Waals surface area (Å²) in [6.07, 6.45) is -2.30. The van der Waals surface area contributed by atoms with E-state index in [4.69, 9.17) is 23.7 Å². The SMILES string of the molecule is C=C1OC(C(COC(C)=O)OC(C)=O)C(OC(C)=O)=C1OC(C)=O. The summed E-state index contributed by atoms with van der Waals surface area (Å²) in [7, 11) is 0. The highest BCUT2D eigenvalue weighted by molar-refractivity contribution is 5.71. The zero-order valence-electron chi connectivity index (χ0n) is 13.7. The Morgan fingerprint density at radius 3 is 2.04 bits per heavy atom. The van der Waals surface area contributed by atoms with Gasteiger partial charge in [0.1, 0.15) is 6.61 Å². The summed E-state index contributed by atoms with van der Waals surface area (Å²) in [5, 5.41) is 0. The highest BCUT2D eigenvalue weighted by atomic mass is 16.6. The maximum Gasteiger partial charge on any atom is 0.308 e. The molecule has 1 aliphatic rings. The molecular formula is C15H18O9. The molecule has 0 aromatic heterocycles. The maximum absolute atomic E-state index is 11.3. The van der Waals surface area contributed by atoms with Crippen LogP contribution in [0.4, 0.5) is 0 Å². The van der Waals surface area contributed by atoms with Crippen molar-refractivity contribution in [2.75, 3.05) is 6.61 Å². The Labute approximate surface area is 138 Å². The topological polar surface area (TPSA) is 114 Å². The van der Waals surface area contributed by atoms with Crippen molar-refractivity contribution >= 4 is 23.9 Å². The van der Waals surface area contributed by atoms with Crippen molar-refractivity contribution in [2.24, 2.45) is 0 Å². The second-order valence-electron chi connectivity index (χ2n) is 4.79. The lowest BCUT2D eigenvalue weighted by atomic mass is 10.1. The lowest BCUT2D eigenvalue weighted by Crippen LogP contribution is -2.37. The first-order chi connectivity index (χ1) is 11.1. The van der Waals surface area contributed by atoms with Crippen LogP contribution in [0.25, 0.3) is 0 Å². The van der Waals surface area contributed by atoms with Gasteiger partial charge < -0.3 is 23.7 Å². The van der Waals surface area contributed by atoms with Crippen LogP contribution in [0.1, 0.15) is 27.7 Å². The van der Waals surface area contributed by atoms with E-state index in [0.717, 1.165) is 20.8 Å². The first-order valence-electron chi connectivity index (χ1n) is 6.89. The molecule has 24 heavy (non-hydrogen) atoms. The summed E-state index contributed by atoms with van der Waals surface area (Å²) in [5.41, 5.74) is 0. The Morgan fingerprint density at radius 2 is 1.58 bits per heavy atom. The standard InChI is InChI=1S/C15H18O9/c1-7-13(23-10(4)18)15(24-11(5)19)14(21-7)12(22-9(3)17)6-20-8(2)16/h12,14H,1,6H2,2-5H3. The van der Waals surface area contributed by atoms with Gasteiger partial charge in [-0.1, -0.05) is 6.58 Å². The number of carbonyl (C=O) groups excluding carboxylic acids is 4. The van der Waals surface area contributed by atoms with Crippen LogP contribution in [0.5, 0.6) is 0 Å². The van der Waals surface area contributed by atoms with Gasteiger partial charge in [0.25, 0.3) is 0 Å². The number of esters is 4. The Hall–Kier alpha value is -2.84. The van der Waals surface area contributed by atoms with Crippen molar-refractivity contribution in [3.8, 4) is 0 Å². The number of carbonyl (C=O) groups is 4. The third-order valence-corrected chi connectivity index (χ3v) is 2.61. The number of ether oxygens (including phenoxy) is 5. The van der Waals surface area contributed by atoms with Gasteiger partial charge in [-0.3, -0.25) is 19.2 Å². The van der Waals surface area contributed by atoms with E-state index in [9.17, 15) is 19.2 Å². The van der Waals surface area contributed by atoms with Crippen LogP contribution >= 0.6 is 0 Å². The number of hydrogen-bond acceptors (Lipinski definition) is 9. The highest BCUT2D eigenvalue weighted by Gasteiger charge is 2.43. The lowest BCUT2D eigenvalue weighted by Gasteiger charge is -2.23. The fraction of sp³-hybridized carbons (Fsp3) is 0.467. The molecule has 9 heteroatoms. The van der Waals surface area contributed by atoms with Gasteiger partial charge >= 0.3 is 23.9 Å².